The van der Waals surface area contributed by atoms with Gasteiger partial charge >= 0.3 is 0 Å². The number of carbonyl (C=O) groups is 1. The highest BCUT2D eigenvalue weighted by molar-refractivity contribution is 5.76. The smallest absolute Gasteiger partial charge is 0.224 e. The Morgan fingerprint density at radius 3 is 2.72 bits per heavy atom. The number of hydrogen-bond donors (Lipinski definition) is 0. The molecule has 2 aromatic heterocycles. The van der Waals surface area contributed by atoms with Gasteiger partial charge in [0.05, 0.1) is 26.3 Å². The average molecular weight is 438 g/mol. The molecule has 0 saturated heterocycles. The Morgan fingerprint density at radius 1 is 1.06 bits per heavy atom. The largest absolute Gasteiger partial charge is 0.487 e. The molecule has 9 heteroatoms. The highest BCUT2D eigenvalue weighted by Gasteiger charge is 2.19. The van der Waals surface area contributed by atoms with E-state index in [-0.39, 0.29) is 5.91 Å². The van der Waals surface area contributed by atoms with Gasteiger partial charge in [0, 0.05) is 24.7 Å². The van der Waals surface area contributed by atoms with Crippen molar-refractivity contribution in [1.29, 1.82) is 0 Å². The number of fused-ring (bicyclic) bond motifs is 2. The molecule has 0 radical (unpaired) electrons. The Labute approximate surface area is 186 Å². The lowest BCUT2D eigenvalue weighted by atomic mass is 10.2. The number of benzene rings is 1. The van der Waals surface area contributed by atoms with Crippen LogP contribution >= 0.6 is 0 Å². The number of aryl methyl sites for hydroxylation is 3. The molecule has 0 aliphatic carbocycles. The second kappa shape index (κ2) is 10.2. The zero-order chi connectivity index (χ0) is 22.3. The topological polar surface area (TPSA) is 91.6 Å². The first-order valence-electron chi connectivity index (χ1n) is 10.7. The van der Waals surface area contributed by atoms with Gasteiger partial charge in [-0.3, -0.25) is 4.79 Å². The molecule has 3 heterocycles. The predicted octanol–water partition coefficient (Wildman–Crippen LogP) is 2.91. The molecule has 1 aliphatic rings. The zero-order valence-corrected chi connectivity index (χ0v) is 18.4. The van der Waals surface area contributed by atoms with Crippen LogP contribution in [0.2, 0.25) is 0 Å². The van der Waals surface area contributed by atoms with Crippen LogP contribution in [-0.2, 0) is 22.6 Å². The Kier molecular flexibility index (Phi) is 6.96. The van der Waals surface area contributed by atoms with Crippen LogP contribution in [0.15, 0.2) is 42.6 Å². The first kappa shape index (κ1) is 21.8. The van der Waals surface area contributed by atoms with E-state index in [9.17, 15) is 4.79 Å². The van der Waals surface area contributed by atoms with Gasteiger partial charge in [-0.1, -0.05) is 18.2 Å². The Bertz CT molecular complexity index is 1070. The van der Waals surface area contributed by atoms with Crippen molar-refractivity contribution in [1.82, 2.24) is 24.6 Å². The maximum Gasteiger partial charge on any atom is 0.224 e. The fourth-order valence-electron chi connectivity index (χ4n) is 3.51. The van der Waals surface area contributed by atoms with Crippen molar-refractivity contribution in [3.63, 3.8) is 0 Å². The van der Waals surface area contributed by atoms with Gasteiger partial charge in [-0.2, -0.15) is 5.10 Å². The van der Waals surface area contributed by atoms with Gasteiger partial charge in [0.2, 0.25) is 11.8 Å². The summed E-state index contributed by atoms with van der Waals surface area (Å²) >= 11 is 0. The van der Waals surface area contributed by atoms with E-state index in [2.05, 4.69) is 15.1 Å². The van der Waals surface area contributed by atoms with E-state index in [0.29, 0.717) is 69.1 Å². The van der Waals surface area contributed by atoms with Gasteiger partial charge < -0.3 is 19.1 Å². The zero-order valence-electron chi connectivity index (χ0n) is 18.4. The molecular weight excluding hydrogens is 410 g/mol. The molecule has 0 bridgehead atoms. The minimum atomic E-state index is 0.00229. The van der Waals surface area contributed by atoms with Crippen molar-refractivity contribution in [2.75, 3.05) is 26.4 Å². The first-order chi connectivity index (χ1) is 15.6. The van der Waals surface area contributed by atoms with Crippen molar-refractivity contribution in [3.05, 3.63) is 59.8 Å². The fourth-order valence-corrected chi connectivity index (χ4v) is 3.51. The lowest BCUT2D eigenvalue weighted by Gasteiger charge is -2.23. The number of rotatable bonds is 3. The maximum atomic E-state index is 13.1. The molecule has 9 nitrogen and oxygen atoms in total. The summed E-state index contributed by atoms with van der Waals surface area (Å²) in [7, 11) is 0. The molecule has 168 valence electrons. The van der Waals surface area contributed by atoms with Crippen LogP contribution in [0.25, 0.3) is 0 Å². The predicted molar refractivity (Wildman–Crippen MR) is 117 cm³/mol. The van der Waals surface area contributed by atoms with Gasteiger partial charge in [-0.05, 0) is 32.0 Å². The highest BCUT2D eigenvalue weighted by Crippen LogP contribution is 2.32. The van der Waals surface area contributed by atoms with Crippen LogP contribution in [0.4, 0.5) is 0 Å². The second-order valence-corrected chi connectivity index (χ2v) is 7.47. The third-order valence-corrected chi connectivity index (χ3v) is 5.11. The van der Waals surface area contributed by atoms with Crippen molar-refractivity contribution < 1.29 is 19.0 Å². The molecule has 0 unspecified atom stereocenters. The van der Waals surface area contributed by atoms with Crippen molar-refractivity contribution in [2.45, 2.75) is 33.4 Å². The number of carbonyl (C=O) groups excluding carboxylic acids is 1. The van der Waals surface area contributed by atoms with E-state index in [1.807, 2.05) is 50.2 Å². The molecule has 3 aromatic rings. The van der Waals surface area contributed by atoms with E-state index >= 15 is 0 Å². The van der Waals surface area contributed by atoms with Gasteiger partial charge in [0.25, 0.3) is 0 Å². The normalized spacial score (nSPS) is 14.6. The molecule has 1 aliphatic heterocycles. The lowest BCUT2D eigenvalue weighted by Crippen LogP contribution is -2.34. The number of aromatic nitrogens is 4. The summed E-state index contributed by atoms with van der Waals surface area (Å²) in [5, 5.41) is 4.34. The average Bonchev–Trinajstić information content (AvgIpc) is 3.12. The molecule has 0 saturated carbocycles. The molecular formula is C23H27N5O4. The molecule has 0 spiro atoms. The number of pyridine rings is 1. The minimum absolute atomic E-state index is 0.00229. The number of amides is 1. The van der Waals surface area contributed by atoms with Gasteiger partial charge in [0.15, 0.2) is 11.5 Å². The monoisotopic (exact) mass is 437 g/mol. The quantitative estimate of drug-likeness (QED) is 0.622. The summed E-state index contributed by atoms with van der Waals surface area (Å²) < 4.78 is 19.4. The molecule has 0 fully saturated rings. The van der Waals surface area contributed by atoms with Crippen LogP contribution in [0.3, 0.4) is 0 Å². The van der Waals surface area contributed by atoms with Crippen LogP contribution in [0, 0.1) is 13.8 Å². The third-order valence-electron chi connectivity index (χ3n) is 5.11. The molecule has 32 heavy (non-hydrogen) atoms. The summed E-state index contributed by atoms with van der Waals surface area (Å²) in [6, 6.07) is 11.2. The fraction of sp³-hybridized carbons (Fsp3) is 0.391. The van der Waals surface area contributed by atoms with E-state index in [1.54, 1.807) is 15.8 Å². The Balaban J connectivity index is 1.54. The van der Waals surface area contributed by atoms with Crippen molar-refractivity contribution in [2.24, 2.45) is 0 Å². The van der Waals surface area contributed by atoms with Gasteiger partial charge in [-0.15, -0.1) is 0 Å². The first-order valence-corrected chi connectivity index (χ1v) is 10.7. The molecule has 0 atom stereocenters. The SMILES string of the molecule is Cc1nc(C)n(CCC(=O)N2CCOCCOc3ccccc3Oc3ncccc3C2)n1. The Hall–Kier alpha value is -3.46. The number of nitrogens with zero attached hydrogens (tertiary/aromatic N) is 5. The van der Waals surface area contributed by atoms with E-state index in [1.165, 1.54) is 0 Å². The standard InChI is InChI=1S/C23H27N5O4/c1-17-25-18(2)28(26-17)11-9-22(29)27-12-13-30-14-15-31-20-7-3-4-8-21(20)32-23-19(16-27)6-5-10-24-23/h3-8,10H,9,11-16H2,1-2H3. The lowest BCUT2D eigenvalue weighted by molar-refractivity contribution is -0.133. The number of ether oxygens (including phenoxy) is 3. The number of hydrogen-bond acceptors (Lipinski definition) is 7. The summed E-state index contributed by atoms with van der Waals surface area (Å²) in [6.45, 7) is 6.23. The summed E-state index contributed by atoms with van der Waals surface area (Å²) in [5.74, 6) is 3.14. The van der Waals surface area contributed by atoms with Crippen LogP contribution in [0.1, 0.15) is 23.6 Å². The summed E-state index contributed by atoms with van der Waals surface area (Å²) in [5.41, 5.74) is 0.808. The van der Waals surface area contributed by atoms with E-state index < -0.39 is 0 Å². The minimum Gasteiger partial charge on any atom is -0.487 e. The molecule has 0 N–H and O–H groups in total. The highest BCUT2D eigenvalue weighted by atomic mass is 16.5. The van der Waals surface area contributed by atoms with E-state index in [4.69, 9.17) is 14.2 Å². The van der Waals surface area contributed by atoms with Crippen LogP contribution < -0.4 is 9.47 Å². The van der Waals surface area contributed by atoms with Crippen LogP contribution in [-0.4, -0.2) is 56.9 Å². The van der Waals surface area contributed by atoms with Crippen molar-refractivity contribution >= 4 is 5.91 Å². The molecule has 1 amide bonds. The summed E-state index contributed by atoms with van der Waals surface area (Å²) in [6.07, 6.45) is 1.98. The van der Waals surface area contributed by atoms with Crippen molar-refractivity contribution in [3.8, 4) is 17.4 Å². The molecule has 1 aromatic carbocycles. The maximum absolute atomic E-state index is 13.1. The summed E-state index contributed by atoms with van der Waals surface area (Å²) in [4.78, 5) is 23.6. The van der Waals surface area contributed by atoms with Crippen LogP contribution in [0.5, 0.6) is 17.4 Å². The Morgan fingerprint density at radius 2 is 1.91 bits per heavy atom. The second-order valence-electron chi connectivity index (χ2n) is 7.47. The molecule has 4 rings (SSSR count). The van der Waals surface area contributed by atoms with Gasteiger partial charge in [-0.25, -0.2) is 14.6 Å². The third kappa shape index (κ3) is 5.42. The van der Waals surface area contributed by atoms with Gasteiger partial charge in [0.1, 0.15) is 18.3 Å². The van der Waals surface area contributed by atoms with E-state index in [0.717, 1.165) is 11.4 Å². The number of para-hydroxylation sites is 2.